The molecule has 3 aliphatic rings. The summed E-state index contributed by atoms with van der Waals surface area (Å²) in [5.41, 5.74) is 1.18. The first-order chi connectivity index (χ1) is 24.7. The minimum Gasteiger partial charge on any atom is -0.544 e. The average Bonchev–Trinajstić information content (AvgIpc) is 3.47. The Morgan fingerprint density at radius 1 is 1.00 bits per heavy atom. The molecule has 1 unspecified atom stereocenters. The van der Waals surface area contributed by atoms with Gasteiger partial charge in [0, 0.05) is 30.5 Å². The number of aliphatic carboxylic acids is 3. The maximum absolute atomic E-state index is 12.4. The number of rotatable bonds is 12. The van der Waals surface area contributed by atoms with E-state index in [2.05, 4.69) is 5.32 Å². The topological polar surface area (TPSA) is 286 Å². The highest BCUT2D eigenvalue weighted by atomic mass is 16.7. The summed E-state index contributed by atoms with van der Waals surface area (Å²) in [6, 6.07) is 4.48. The number of carbonyl (C=O) groups excluding carboxylic acids is 2. The summed E-state index contributed by atoms with van der Waals surface area (Å²) in [4.78, 5) is 47.9. The minimum absolute atomic E-state index is 0.0728. The molecule has 0 aromatic heterocycles. The van der Waals surface area contributed by atoms with Crippen molar-refractivity contribution >= 4 is 35.6 Å². The van der Waals surface area contributed by atoms with Gasteiger partial charge in [-0.2, -0.15) is 0 Å². The van der Waals surface area contributed by atoms with E-state index in [1.807, 2.05) is 0 Å². The first-order valence-electron chi connectivity index (χ1n) is 15.8. The van der Waals surface area contributed by atoms with E-state index < -0.39 is 79.0 Å². The molecule has 3 aliphatic heterocycles. The highest BCUT2D eigenvalue weighted by Crippen LogP contribution is 2.36. The Hall–Kier alpha value is -5.66. The van der Waals surface area contributed by atoms with Crippen LogP contribution in [0.4, 0.5) is 5.69 Å². The molecule has 0 bridgehead atoms. The van der Waals surface area contributed by atoms with Gasteiger partial charge >= 0.3 is 17.9 Å². The van der Waals surface area contributed by atoms with Crippen molar-refractivity contribution < 1.29 is 83.9 Å². The lowest BCUT2D eigenvalue weighted by atomic mass is 9.99. The molecule has 18 heteroatoms. The van der Waals surface area contributed by atoms with Crippen molar-refractivity contribution in [1.29, 1.82) is 0 Å². The molecule has 0 spiro atoms. The fraction of sp³-hybridized carbons (Fsp3) is 0.353. The van der Waals surface area contributed by atoms with Crippen LogP contribution in [-0.2, 0) is 35.1 Å². The normalized spacial score (nSPS) is 27.7. The summed E-state index contributed by atoms with van der Waals surface area (Å²) < 4.78 is 21.5. The summed E-state index contributed by atoms with van der Waals surface area (Å²) in [6.45, 7) is -0.671. The lowest BCUT2D eigenvalue weighted by molar-refractivity contribution is -0.840. The first-order valence-corrected chi connectivity index (χ1v) is 15.8. The van der Waals surface area contributed by atoms with E-state index in [0.717, 1.165) is 6.08 Å². The fourth-order valence-electron chi connectivity index (χ4n) is 6.05. The molecular formula is C34H36N2O16. The molecule has 18 nitrogen and oxygen atoms in total. The Labute approximate surface area is 294 Å². The molecule has 2 aromatic carbocycles. The van der Waals surface area contributed by atoms with Gasteiger partial charge in [-0.1, -0.05) is 6.07 Å². The Balaban J connectivity index is 1.31. The standard InChI is InChI=1S/C34H36N2O16/c1-49-24-10-15(2-4-22(24)37)3-5-27(39)50-14-26-28(40)29(41)30(42)34(52-26)51-25-13-20-17(12-23(25)38)11-21(33(47)48)36(20)7-6-16-8-18(31(43)44)35-19(9-16)32(45)46/h2-6,8,10,12-13,19,21,26,28-30,34-35,37-38,40-42H,7,9,11,14H2,1H3,(H,43,44)(H,45,46)(H,47,48)/t19-,21-,26+,28+,29-,30+,34-/m0/s1. The summed E-state index contributed by atoms with van der Waals surface area (Å²) in [5, 5.41) is 85.6. The van der Waals surface area contributed by atoms with E-state index in [0.29, 0.717) is 22.4 Å². The number of hydrogen-bond acceptors (Lipinski definition) is 15. The zero-order valence-electron chi connectivity index (χ0n) is 27.4. The van der Waals surface area contributed by atoms with E-state index in [1.165, 1.54) is 55.7 Å². The monoisotopic (exact) mass is 728 g/mol. The number of phenolic OH excluding ortho intramolecular Hbond substituents is 2. The van der Waals surface area contributed by atoms with Crippen LogP contribution in [0.3, 0.4) is 0 Å². The number of aliphatic hydroxyl groups is 3. The third kappa shape index (κ3) is 8.27. The molecule has 9 N–H and O–H groups in total. The number of hydrogen-bond donors (Lipinski definition) is 9. The van der Waals surface area contributed by atoms with Gasteiger partial charge in [-0.15, -0.1) is 0 Å². The lowest BCUT2D eigenvalue weighted by Crippen LogP contribution is -3.11. The van der Waals surface area contributed by atoms with E-state index in [4.69, 9.17) is 18.9 Å². The van der Waals surface area contributed by atoms with Crippen LogP contribution in [0.15, 0.2) is 59.8 Å². The number of benzene rings is 2. The predicted molar refractivity (Wildman–Crippen MR) is 171 cm³/mol. The van der Waals surface area contributed by atoms with E-state index in [9.17, 15) is 60.0 Å². The van der Waals surface area contributed by atoms with Gasteiger partial charge < -0.3 is 69.9 Å². The number of methoxy groups -OCH3 is 1. The number of allylic oxidation sites excluding steroid dienone is 1. The van der Waals surface area contributed by atoms with Gasteiger partial charge in [-0.05, 0) is 47.6 Å². The third-order valence-electron chi connectivity index (χ3n) is 8.79. The van der Waals surface area contributed by atoms with Gasteiger partial charge in [-0.3, -0.25) is 4.90 Å². The largest absolute Gasteiger partial charge is 0.544 e. The van der Waals surface area contributed by atoms with Crippen LogP contribution in [0, 0.1) is 0 Å². The number of nitrogens with one attached hydrogen (secondary N) is 2. The van der Waals surface area contributed by atoms with Crippen molar-refractivity contribution in [3.63, 3.8) is 0 Å². The number of carboxylic acids is 3. The van der Waals surface area contributed by atoms with Crippen molar-refractivity contribution in [3.8, 4) is 23.0 Å². The van der Waals surface area contributed by atoms with E-state index in [-0.39, 0.29) is 47.2 Å². The molecule has 0 amide bonds. The molecule has 8 atom stereocenters. The molecule has 0 aliphatic carbocycles. The summed E-state index contributed by atoms with van der Waals surface area (Å²) in [5.74, 6) is -5.68. The first kappa shape index (κ1) is 37.6. The maximum Gasteiger partial charge on any atom is 0.351 e. The van der Waals surface area contributed by atoms with Crippen LogP contribution < -0.4 is 24.8 Å². The number of carboxylic acid groups (broad SMARTS) is 3. The van der Waals surface area contributed by atoms with Crippen molar-refractivity contribution in [2.75, 3.05) is 20.3 Å². The molecule has 278 valence electrons. The average molecular weight is 729 g/mol. The number of aliphatic hydroxyl groups excluding tert-OH is 3. The Bertz CT molecular complexity index is 1820. The lowest BCUT2D eigenvalue weighted by Gasteiger charge is -2.39. The zero-order chi connectivity index (χ0) is 37.9. The second-order valence-corrected chi connectivity index (χ2v) is 12.2. The second-order valence-electron chi connectivity index (χ2n) is 12.2. The van der Waals surface area contributed by atoms with Crippen LogP contribution in [0.5, 0.6) is 23.0 Å². The van der Waals surface area contributed by atoms with Crippen molar-refractivity contribution in [2.24, 2.45) is 0 Å². The molecule has 2 aromatic rings. The van der Waals surface area contributed by atoms with Gasteiger partial charge in [0.15, 0.2) is 23.0 Å². The SMILES string of the molecule is COc1cc(C=CC(=O)OC[C@H]2O[C@H](Oc3cc4c(cc3O)C[C@@H](C(=O)[O-])[NH+]4CC=C3C=C(C(=O)O)N[C@H](C(=O)O)C3)[C@H](O)[C@@H](O)[C@@H]2O)ccc1O. The number of fused-ring (bicyclic) bond motifs is 1. The molecular weight excluding hydrogens is 692 g/mol. The summed E-state index contributed by atoms with van der Waals surface area (Å²) >= 11 is 0. The number of quaternary nitrogens is 1. The highest BCUT2D eigenvalue weighted by Gasteiger charge is 2.46. The van der Waals surface area contributed by atoms with Crippen molar-refractivity contribution in [3.05, 3.63) is 71.0 Å². The molecule has 1 saturated heterocycles. The summed E-state index contributed by atoms with van der Waals surface area (Å²) in [6.07, 6.45) is -3.56. The number of aromatic hydroxyl groups is 2. The number of ether oxygens (including phenoxy) is 4. The fourth-order valence-corrected chi connectivity index (χ4v) is 6.05. The van der Waals surface area contributed by atoms with Crippen molar-refractivity contribution in [1.82, 2.24) is 5.32 Å². The van der Waals surface area contributed by atoms with Gasteiger partial charge in [0.25, 0.3) is 0 Å². The Morgan fingerprint density at radius 2 is 1.75 bits per heavy atom. The third-order valence-corrected chi connectivity index (χ3v) is 8.79. The Morgan fingerprint density at radius 3 is 2.42 bits per heavy atom. The second kappa shape index (κ2) is 15.7. The smallest absolute Gasteiger partial charge is 0.351 e. The molecule has 52 heavy (non-hydrogen) atoms. The van der Waals surface area contributed by atoms with E-state index >= 15 is 0 Å². The van der Waals surface area contributed by atoms with Crippen LogP contribution in [0.1, 0.15) is 17.5 Å². The van der Waals surface area contributed by atoms with E-state index in [1.54, 1.807) is 0 Å². The van der Waals surface area contributed by atoms with Gasteiger partial charge in [-0.25, -0.2) is 14.4 Å². The Kier molecular flexibility index (Phi) is 11.4. The summed E-state index contributed by atoms with van der Waals surface area (Å²) in [7, 11) is 1.36. The van der Waals surface area contributed by atoms with Crippen molar-refractivity contribution in [2.45, 2.75) is 55.6 Å². The van der Waals surface area contributed by atoms with Crippen LogP contribution in [0.25, 0.3) is 6.08 Å². The quantitative estimate of drug-likeness (QED) is 0.0601. The number of carbonyl (C=O) groups is 4. The molecule has 5 rings (SSSR count). The maximum atomic E-state index is 12.4. The number of phenols is 2. The highest BCUT2D eigenvalue weighted by molar-refractivity contribution is 5.89. The van der Waals surface area contributed by atoms with Gasteiger partial charge in [0.2, 0.25) is 6.29 Å². The number of esters is 1. The van der Waals surface area contributed by atoms with Gasteiger partial charge in [0.1, 0.15) is 67.0 Å². The van der Waals surface area contributed by atoms with Crippen LogP contribution in [0.2, 0.25) is 0 Å². The molecule has 0 radical (unpaired) electrons. The molecule has 1 fully saturated rings. The minimum atomic E-state index is -1.86. The van der Waals surface area contributed by atoms with Crippen LogP contribution >= 0.6 is 0 Å². The molecule has 3 heterocycles. The molecule has 0 saturated carbocycles. The predicted octanol–water partition coefficient (Wildman–Crippen LogP) is -2.92. The van der Waals surface area contributed by atoms with Crippen LogP contribution in [-0.4, -0.2) is 123 Å². The van der Waals surface area contributed by atoms with Gasteiger partial charge in [0.05, 0.1) is 7.11 Å². The zero-order valence-corrected chi connectivity index (χ0v) is 27.4.